The molecule has 0 heterocycles. The lowest BCUT2D eigenvalue weighted by Crippen LogP contribution is -2.45. The van der Waals surface area contributed by atoms with E-state index in [0.717, 1.165) is 20.8 Å². The Morgan fingerprint density at radius 3 is 1.81 bits per heavy atom. The Morgan fingerprint density at radius 2 is 1.50 bits per heavy atom. The lowest BCUT2D eigenvalue weighted by Gasteiger charge is -2.25. The second-order valence-electron chi connectivity index (χ2n) is 3.27. The number of rotatable bonds is 5. The third-order valence-corrected chi connectivity index (χ3v) is 1.49. The minimum absolute atomic E-state index is 0.164. The standard InChI is InChI=1S/C10H16O6/c1-5-6-14-9(13)10(4,15-7(2)11)16-8(3)12/h5-6H2,1-4H3. The molecule has 0 N–H and O–H groups in total. The predicted octanol–water partition coefficient (Wildman–Crippen LogP) is 0.782. The Morgan fingerprint density at radius 1 is 1.06 bits per heavy atom. The molecule has 0 bridgehead atoms. The van der Waals surface area contributed by atoms with Gasteiger partial charge in [-0.15, -0.1) is 0 Å². The average Bonchev–Trinajstić information content (AvgIpc) is 2.11. The second-order valence-corrected chi connectivity index (χ2v) is 3.27. The summed E-state index contributed by atoms with van der Waals surface area (Å²) in [6, 6.07) is 0. The van der Waals surface area contributed by atoms with Gasteiger partial charge in [0.05, 0.1) is 6.61 Å². The first-order valence-electron chi connectivity index (χ1n) is 4.88. The fraction of sp³-hybridized carbons (Fsp3) is 0.700. The van der Waals surface area contributed by atoms with E-state index in [0.29, 0.717) is 6.42 Å². The topological polar surface area (TPSA) is 78.9 Å². The van der Waals surface area contributed by atoms with E-state index in [4.69, 9.17) is 4.74 Å². The zero-order valence-corrected chi connectivity index (χ0v) is 9.86. The lowest BCUT2D eigenvalue weighted by molar-refractivity contribution is -0.232. The Balaban J connectivity index is 4.69. The van der Waals surface area contributed by atoms with Gasteiger partial charge < -0.3 is 14.2 Å². The van der Waals surface area contributed by atoms with Crippen LogP contribution in [0.5, 0.6) is 0 Å². The summed E-state index contributed by atoms with van der Waals surface area (Å²) in [6.45, 7) is 5.34. The maximum atomic E-state index is 11.5. The normalized spacial score (nSPS) is 10.5. The molecule has 6 heteroatoms. The van der Waals surface area contributed by atoms with E-state index in [1.165, 1.54) is 0 Å². The molecule has 0 spiro atoms. The van der Waals surface area contributed by atoms with Gasteiger partial charge in [0, 0.05) is 20.8 Å². The summed E-state index contributed by atoms with van der Waals surface area (Å²) in [7, 11) is 0. The van der Waals surface area contributed by atoms with Crippen LogP contribution >= 0.6 is 0 Å². The second kappa shape index (κ2) is 6.09. The third kappa shape index (κ3) is 4.77. The number of ether oxygens (including phenoxy) is 3. The van der Waals surface area contributed by atoms with Crippen LogP contribution in [0.2, 0.25) is 0 Å². The molecule has 0 atom stereocenters. The smallest absolute Gasteiger partial charge is 0.392 e. The van der Waals surface area contributed by atoms with Gasteiger partial charge in [0.1, 0.15) is 0 Å². The summed E-state index contributed by atoms with van der Waals surface area (Å²) in [4.78, 5) is 33.1. The first kappa shape index (κ1) is 14.4. The van der Waals surface area contributed by atoms with Crippen molar-refractivity contribution in [2.45, 2.75) is 39.9 Å². The van der Waals surface area contributed by atoms with Crippen LogP contribution in [-0.4, -0.2) is 30.3 Å². The van der Waals surface area contributed by atoms with Crippen LogP contribution in [0.15, 0.2) is 0 Å². The Kier molecular flexibility index (Phi) is 5.49. The molecule has 0 aliphatic rings. The van der Waals surface area contributed by atoms with Crippen molar-refractivity contribution in [3.05, 3.63) is 0 Å². The number of hydrogen-bond donors (Lipinski definition) is 0. The molecule has 0 aromatic heterocycles. The van der Waals surface area contributed by atoms with Crippen molar-refractivity contribution >= 4 is 17.9 Å². The van der Waals surface area contributed by atoms with Crippen molar-refractivity contribution in [2.75, 3.05) is 6.61 Å². The van der Waals surface area contributed by atoms with E-state index >= 15 is 0 Å². The minimum atomic E-state index is -2.01. The van der Waals surface area contributed by atoms with Crippen LogP contribution in [0.4, 0.5) is 0 Å². The molecule has 0 amide bonds. The quantitative estimate of drug-likeness (QED) is 0.515. The number of esters is 3. The number of hydrogen-bond acceptors (Lipinski definition) is 6. The first-order chi connectivity index (χ1) is 7.31. The van der Waals surface area contributed by atoms with Gasteiger partial charge in [-0.05, 0) is 6.42 Å². The van der Waals surface area contributed by atoms with E-state index in [1.807, 2.05) is 6.92 Å². The molecule has 16 heavy (non-hydrogen) atoms. The first-order valence-corrected chi connectivity index (χ1v) is 4.88. The summed E-state index contributed by atoms with van der Waals surface area (Å²) in [5, 5.41) is 0. The van der Waals surface area contributed by atoms with Gasteiger partial charge in [0.25, 0.3) is 0 Å². The molecule has 6 nitrogen and oxygen atoms in total. The molecule has 0 saturated carbocycles. The molecular formula is C10H16O6. The highest BCUT2D eigenvalue weighted by Gasteiger charge is 2.42. The van der Waals surface area contributed by atoms with Crippen LogP contribution in [-0.2, 0) is 28.6 Å². The molecule has 0 aromatic rings. The molecular weight excluding hydrogens is 216 g/mol. The largest absolute Gasteiger partial charge is 0.460 e. The van der Waals surface area contributed by atoms with E-state index in [-0.39, 0.29) is 6.61 Å². The molecule has 0 rings (SSSR count). The van der Waals surface area contributed by atoms with Gasteiger partial charge in [-0.3, -0.25) is 9.59 Å². The molecule has 0 saturated heterocycles. The minimum Gasteiger partial charge on any atom is -0.460 e. The van der Waals surface area contributed by atoms with Crippen molar-refractivity contribution in [3.63, 3.8) is 0 Å². The number of carbonyl (C=O) groups is 3. The fourth-order valence-electron chi connectivity index (χ4n) is 0.979. The van der Waals surface area contributed by atoms with Gasteiger partial charge in [0.2, 0.25) is 0 Å². The molecule has 92 valence electrons. The van der Waals surface area contributed by atoms with E-state index in [9.17, 15) is 14.4 Å². The highest BCUT2D eigenvalue weighted by atomic mass is 16.8. The maximum Gasteiger partial charge on any atom is 0.392 e. The average molecular weight is 232 g/mol. The highest BCUT2D eigenvalue weighted by Crippen LogP contribution is 2.16. The van der Waals surface area contributed by atoms with Gasteiger partial charge in [-0.2, -0.15) is 0 Å². The Hall–Kier alpha value is -1.59. The van der Waals surface area contributed by atoms with Crippen molar-refractivity contribution in [3.8, 4) is 0 Å². The van der Waals surface area contributed by atoms with Gasteiger partial charge in [-0.1, -0.05) is 6.92 Å². The lowest BCUT2D eigenvalue weighted by atomic mass is 10.3. The van der Waals surface area contributed by atoms with Crippen molar-refractivity contribution in [2.24, 2.45) is 0 Å². The zero-order chi connectivity index (χ0) is 12.8. The van der Waals surface area contributed by atoms with Crippen molar-refractivity contribution in [1.29, 1.82) is 0 Å². The van der Waals surface area contributed by atoms with Gasteiger partial charge in [-0.25, -0.2) is 4.79 Å². The SMILES string of the molecule is CCCOC(=O)C(C)(OC(C)=O)OC(C)=O. The highest BCUT2D eigenvalue weighted by molar-refractivity contribution is 5.83. The van der Waals surface area contributed by atoms with Crippen LogP contribution < -0.4 is 0 Å². The fourth-order valence-corrected chi connectivity index (χ4v) is 0.979. The molecule has 0 unspecified atom stereocenters. The van der Waals surface area contributed by atoms with Crippen molar-refractivity contribution in [1.82, 2.24) is 0 Å². The molecule has 0 radical (unpaired) electrons. The summed E-state index contributed by atoms with van der Waals surface area (Å²) >= 11 is 0. The van der Waals surface area contributed by atoms with Crippen LogP contribution in [0.1, 0.15) is 34.1 Å². The molecule has 0 fully saturated rings. The van der Waals surface area contributed by atoms with Gasteiger partial charge in [0.15, 0.2) is 0 Å². The summed E-state index contributed by atoms with van der Waals surface area (Å²) in [6.07, 6.45) is 0.613. The Bertz CT molecular complexity index is 267. The Labute approximate surface area is 93.8 Å². The van der Waals surface area contributed by atoms with E-state index < -0.39 is 23.7 Å². The summed E-state index contributed by atoms with van der Waals surface area (Å²) in [5.74, 6) is -4.39. The number of carbonyl (C=O) groups excluding carboxylic acids is 3. The maximum absolute atomic E-state index is 11.5. The molecule has 0 aliphatic heterocycles. The van der Waals surface area contributed by atoms with Crippen LogP contribution in [0, 0.1) is 0 Å². The summed E-state index contributed by atoms with van der Waals surface area (Å²) in [5.41, 5.74) is 0. The van der Waals surface area contributed by atoms with Crippen molar-refractivity contribution < 1.29 is 28.6 Å². The van der Waals surface area contributed by atoms with Crippen LogP contribution in [0.25, 0.3) is 0 Å². The molecule has 0 aromatic carbocycles. The van der Waals surface area contributed by atoms with Crippen LogP contribution in [0.3, 0.4) is 0 Å². The van der Waals surface area contributed by atoms with E-state index in [2.05, 4.69) is 9.47 Å². The predicted molar refractivity (Wildman–Crippen MR) is 53.2 cm³/mol. The third-order valence-electron chi connectivity index (χ3n) is 1.49. The summed E-state index contributed by atoms with van der Waals surface area (Å²) < 4.78 is 14.1. The zero-order valence-electron chi connectivity index (χ0n) is 9.86. The molecule has 0 aliphatic carbocycles. The van der Waals surface area contributed by atoms with E-state index in [1.54, 1.807) is 0 Å². The monoisotopic (exact) mass is 232 g/mol. The van der Waals surface area contributed by atoms with Gasteiger partial charge >= 0.3 is 23.7 Å².